The number of carbonyl (C=O) groups is 3. The lowest BCUT2D eigenvalue weighted by Crippen LogP contribution is -2.52. The Morgan fingerprint density at radius 3 is 2.48 bits per heavy atom. The lowest BCUT2D eigenvalue weighted by Gasteiger charge is -2.38. The van der Waals surface area contributed by atoms with Crippen molar-refractivity contribution in [3.8, 4) is 23.0 Å². The molecule has 4 aliphatic rings. The second-order valence-corrected chi connectivity index (χ2v) is 16.7. The van der Waals surface area contributed by atoms with Crippen molar-refractivity contribution in [1.29, 1.82) is 0 Å². The average molecular weight is 775 g/mol. The van der Waals surface area contributed by atoms with Gasteiger partial charge in [0.15, 0.2) is 5.75 Å². The Hall–Kier alpha value is -4.97. The number of aryl methyl sites for hydroxylation is 1. The van der Waals surface area contributed by atoms with E-state index in [1.54, 1.807) is 22.3 Å². The van der Waals surface area contributed by atoms with E-state index in [1.807, 2.05) is 48.5 Å². The normalized spacial score (nSPS) is 19.8. The lowest BCUT2D eigenvalue weighted by atomic mass is 9.98. The largest absolute Gasteiger partial charge is 0.508 e. The van der Waals surface area contributed by atoms with Gasteiger partial charge in [-0.05, 0) is 124 Å². The maximum absolute atomic E-state index is 13.0. The van der Waals surface area contributed by atoms with Crippen molar-refractivity contribution in [1.82, 2.24) is 20.0 Å². The number of thiophene rings is 1. The second kappa shape index (κ2) is 16.6. The van der Waals surface area contributed by atoms with E-state index in [2.05, 4.69) is 47.2 Å². The summed E-state index contributed by atoms with van der Waals surface area (Å²) in [6.45, 7) is 10.6. The topological polar surface area (TPSA) is 112 Å². The minimum Gasteiger partial charge on any atom is -0.508 e. The third-order valence-electron chi connectivity index (χ3n) is 11.6. The summed E-state index contributed by atoms with van der Waals surface area (Å²) in [6.07, 6.45) is 10.2. The molecule has 1 aliphatic carbocycles. The highest BCUT2D eigenvalue weighted by Gasteiger charge is 2.39. The number of nitrogens with one attached hydrogen (secondary N) is 1. The second-order valence-electron chi connectivity index (χ2n) is 15.6. The van der Waals surface area contributed by atoms with Crippen LogP contribution in [0.15, 0.2) is 78.4 Å². The van der Waals surface area contributed by atoms with Crippen LogP contribution < -0.4 is 14.8 Å². The van der Waals surface area contributed by atoms with Crippen LogP contribution in [-0.2, 0) is 22.6 Å². The number of nitrogens with zero attached hydrogens (tertiary/aromatic N) is 3. The highest BCUT2D eigenvalue weighted by Crippen LogP contribution is 2.47. The molecule has 2 saturated heterocycles. The number of benzene rings is 3. The number of amides is 3. The molecule has 11 heteroatoms. The molecule has 3 amide bonds. The first-order valence-electron chi connectivity index (χ1n) is 19.9. The molecule has 0 saturated carbocycles. The van der Waals surface area contributed by atoms with E-state index in [-0.39, 0.29) is 29.9 Å². The number of ether oxygens (including phenoxy) is 2. The van der Waals surface area contributed by atoms with Gasteiger partial charge in [0, 0.05) is 60.8 Å². The van der Waals surface area contributed by atoms with Crippen LogP contribution in [0.25, 0.3) is 15.7 Å². The van der Waals surface area contributed by atoms with E-state index >= 15 is 0 Å². The number of hydrogen-bond donors (Lipinski definition) is 2. The molecule has 2 N–H and O–H groups in total. The number of carbonyl (C=O) groups excluding carboxylic acids is 3. The highest BCUT2D eigenvalue weighted by molar-refractivity contribution is 7.20. The van der Waals surface area contributed by atoms with E-state index < -0.39 is 6.04 Å². The molecule has 2 atom stereocenters. The van der Waals surface area contributed by atoms with Crippen LogP contribution in [0.2, 0.25) is 0 Å². The minimum absolute atomic E-state index is 0.122. The van der Waals surface area contributed by atoms with Crippen molar-refractivity contribution < 1.29 is 29.0 Å². The summed E-state index contributed by atoms with van der Waals surface area (Å²) in [6, 6.07) is 19.1. The summed E-state index contributed by atoms with van der Waals surface area (Å²) < 4.78 is 13.8. The Labute approximate surface area is 332 Å². The van der Waals surface area contributed by atoms with Crippen LogP contribution in [-0.4, -0.2) is 88.9 Å². The Morgan fingerprint density at radius 2 is 1.71 bits per heavy atom. The molecule has 1 aromatic heterocycles. The molecule has 0 radical (unpaired) electrons. The van der Waals surface area contributed by atoms with E-state index in [4.69, 9.17) is 9.47 Å². The van der Waals surface area contributed by atoms with Gasteiger partial charge in [-0.3, -0.25) is 24.6 Å². The van der Waals surface area contributed by atoms with E-state index in [0.29, 0.717) is 31.2 Å². The van der Waals surface area contributed by atoms with Gasteiger partial charge in [0.25, 0.3) is 5.91 Å². The number of aromatic hydroxyl groups is 1. The monoisotopic (exact) mass is 774 g/mol. The number of allylic oxidation sites excluding steroid dienone is 4. The van der Waals surface area contributed by atoms with Gasteiger partial charge in [0.05, 0.1) is 4.88 Å². The SMILES string of the molecule is CC1=CC=C(c2sc3cc(O)ccc3c2Oc2ccc(OCC(C)N3CCN(CCCCc4ccc5c(c4)CN(C4CCC(=O)NC4=O)C5=O)CC3)cc2)CC1. The number of rotatable bonds is 13. The molecule has 2 fully saturated rings. The van der Waals surface area contributed by atoms with Crippen LogP contribution in [0.4, 0.5) is 0 Å². The standard InChI is InChI=1S/C45H50N4O6S/c1-29-6-9-32(10-7-29)43-42(38-17-11-34(50)26-40(38)56-43)55-36-14-12-35(13-15-36)54-28-30(2)48-23-21-47(22-24-48)20-4-3-5-31-8-16-37-33(25-31)27-49(45(37)53)39-18-19-41(51)46-44(39)52/h6,8-9,11-17,25-26,30,39,50H,3-5,7,10,18-24,27-28H2,1-2H3,(H,46,51,52). The number of unbranched alkanes of at least 4 members (excludes halogenated alkanes) is 1. The summed E-state index contributed by atoms with van der Waals surface area (Å²) in [7, 11) is 0. The van der Waals surface area contributed by atoms with Crippen molar-refractivity contribution in [2.45, 2.75) is 77.4 Å². The summed E-state index contributed by atoms with van der Waals surface area (Å²) in [5.41, 5.74) is 5.49. The Kier molecular flexibility index (Phi) is 11.3. The number of hydrogen-bond acceptors (Lipinski definition) is 9. The van der Waals surface area contributed by atoms with E-state index in [1.165, 1.54) is 16.7 Å². The number of imide groups is 1. The first-order chi connectivity index (χ1) is 27.2. The zero-order valence-electron chi connectivity index (χ0n) is 32.2. The summed E-state index contributed by atoms with van der Waals surface area (Å²) in [5, 5.41) is 13.5. The fourth-order valence-electron chi connectivity index (χ4n) is 8.22. The molecule has 0 spiro atoms. The molecule has 56 heavy (non-hydrogen) atoms. The predicted molar refractivity (Wildman–Crippen MR) is 219 cm³/mol. The smallest absolute Gasteiger partial charge is 0.255 e. The molecule has 10 nitrogen and oxygen atoms in total. The van der Waals surface area contributed by atoms with Gasteiger partial charge in [-0.1, -0.05) is 29.9 Å². The molecule has 3 aliphatic heterocycles. The number of fused-ring (bicyclic) bond motifs is 2. The Balaban J connectivity index is 0.764. The maximum atomic E-state index is 13.0. The van der Waals surface area contributed by atoms with Crippen molar-refractivity contribution in [2.24, 2.45) is 0 Å². The van der Waals surface area contributed by atoms with Gasteiger partial charge in [-0.2, -0.15) is 0 Å². The first kappa shape index (κ1) is 37.9. The third-order valence-corrected chi connectivity index (χ3v) is 12.8. The maximum Gasteiger partial charge on any atom is 0.255 e. The molecule has 2 unspecified atom stereocenters. The van der Waals surface area contributed by atoms with Gasteiger partial charge in [0.1, 0.15) is 29.9 Å². The Morgan fingerprint density at radius 1 is 0.911 bits per heavy atom. The number of phenols is 1. The summed E-state index contributed by atoms with van der Waals surface area (Å²) >= 11 is 1.66. The quantitative estimate of drug-likeness (QED) is 0.105. The minimum atomic E-state index is -0.580. The zero-order chi connectivity index (χ0) is 38.8. The first-order valence-corrected chi connectivity index (χ1v) is 20.8. The molecule has 0 bridgehead atoms. The molecule has 4 heterocycles. The fourth-order valence-corrected chi connectivity index (χ4v) is 9.44. The number of piperazine rings is 1. The van der Waals surface area contributed by atoms with Crippen LogP contribution >= 0.6 is 11.3 Å². The van der Waals surface area contributed by atoms with Crippen LogP contribution in [0.5, 0.6) is 23.0 Å². The number of piperidine rings is 1. The lowest BCUT2D eigenvalue weighted by molar-refractivity contribution is -0.136. The molecular weight excluding hydrogens is 725 g/mol. The summed E-state index contributed by atoms with van der Waals surface area (Å²) in [5.74, 6) is 1.90. The Bertz CT molecular complexity index is 2180. The fraction of sp³-hybridized carbons (Fsp3) is 0.400. The van der Waals surface area contributed by atoms with Crippen molar-refractivity contribution >= 4 is 44.7 Å². The van der Waals surface area contributed by atoms with Crippen LogP contribution in [0.3, 0.4) is 0 Å². The average Bonchev–Trinajstić information content (AvgIpc) is 3.72. The van der Waals surface area contributed by atoms with Gasteiger partial charge >= 0.3 is 0 Å². The van der Waals surface area contributed by atoms with Crippen LogP contribution in [0.1, 0.15) is 78.7 Å². The van der Waals surface area contributed by atoms with Gasteiger partial charge in [0.2, 0.25) is 11.8 Å². The van der Waals surface area contributed by atoms with Crippen molar-refractivity contribution in [3.05, 3.63) is 100.0 Å². The van der Waals surface area contributed by atoms with Gasteiger partial charge in [-0.15, -0.1) is 11.3 Å². The van der Waals surface area contributed by atoms with Gasteiger partial charge in [-0.25, -0.2) is 0 Å². The molecule has 3 aromatic carbocycles. The highest BCUT2D eigenvalue weighted by atomic mass is 32.1. The molecular formula is C45H50N4O6S. The number of phenolic OH excluding ortho intramolecular Hbond substituents is 1. The summed E-state index contributed by atoms with van der Waals surface area (Å²) in [4.78, 5) is 44.7. The molecule has 8 rings (SSSR count). The van der Waals surface area contributed by atoms with Crippen LogP contribution in [0, 0.1) is 0 Å². The molecule has 4 aromatic rings. The zero-order valence-corrected chi connectivity index (χ0v) is 33.0. The van der Waals surface area contributed by atoms with E-state index in [0.717, 1.165) is 103 Å². The van der Waals surface area contributed by atoms with Gasteiger partial charge < -0.3 is 24.4 Å². The van der Waals surface area contributed by atoms with E-state index in [9.17, 15) is 19.5 Å². The third kappa shape index (κ3) is 8.40. The molecule has 292 valence electrons. The van der Waals surface area contributed by atoms with Crippen molar-refractivity contribution in [3.63, 3.8) is 0 Å². The van der Waals surface area contributed by atoms with Crippen molar-refractivity contribution in [2.75, 3.05) is 39.3 Å². The predicted octanol–water partition coefficient (Wildman–Crippen LogP) is 7.69.